The first-order valence-electron chi connectivity index (χ1n) is 6.18. The fourth-order valence-corrected chi connectivity index (χ4v) is 2.48. The van der Waals surface area contributed by atoms with Crippen LogP contribution in [-0.4, -0.2) is 44.5 Å². The monoisotopic (exact) mass is 253 g/mol. The van der Waals surface area contributed by atoms with E-state index in [2.05, 4.69) is 42.3 Å². The van der Waals surface area contributed by atoms with Crippen LogP contribution in [0.1, 0.15) is 12.8 Å². The zero-order valence-electron chi connectivity index (χ0n) is 10.9. The molecule has 0 fully saturated rings. The number of benzene rings is 1. The van der Waals surface area contributed by atoms with E-state index in [0.717, 1.165) is 13.2 Å². The fraction of sp³-hybridized carbons (Fsp3) is 0.571. The molecule has 2 nitrogen and oxygen atoms in total. The normalized spacial score (nSPS) is 11.0. The van der Waals surface area contributed by atoms with E-state index in [4.69, 9.17) is 4.74 Å². The van der Waals surface area contributed by atoms with Crippen LogP contribution in [-0.2, 0) is 4.74 Å². The third-order valence-corrected chi connectivity index (χ3v) is 3.72. The molecule has 0 bridgehead atoms. The summed E-state index contributed by atoms with van der Waals surface area (Å²) in [5.41, 5.74) is 0. The minimum absolute atomic E-state index is 0.829. The standard InChI is InChI=1S/C14H23NOS/c1-15(11-12-16-2)10-6-7-13-17-14-8-4-3-5-9-14/h3-5,8-9H,6-7,10-13H2,1-2H3. The molecule has 17 heavy (non-hydrogen) atoms. The second kappa shape index (κ2) is 9.51. The van der Waals surface area contributed by atoms with Gasteiger partial charge in [0.25, 0.3) is 0 Å². The van der Waals surface area contributed by atoms with Gasteiger partial charge in [0, 0.05) is 18.6 Å². The summed E-state index contributed by atoms with van der Waals surface area (Å²) >= 11 is 1.95. The maximum Gasteiger partial charge on any atom is 0.0589 e. The van der Waals surface area contributed by atoms with Gasteiger partial charge in [-0.3, -0.25) is 0 Å². The van der Waals surface area contributed by atoms with Crippen molar-refractivity contribution in [1.29, 1.82) is 0 Å². The van der Waals surface area contributed by atoms with Crippen molar-refractivity contribution in [2.45, 2.75) is 17.7 Å². The lowest BCUT2D eigenvalue weighted by atomic mass is 10.3. The summed E-state index contributed by atoms with van der Waals surface area (Å²) in [6.07, 6.45) is 2.54. The van der Waals surface area contributed by atoms with Gasteiger partial charge < -0.3 is 9.64 Å². The minimum Gasteiger partial charge on any atom is -0.383 e. The summed E-state index contributed by atoms with van der Waals surface area (Å²) in [6.45, 7) is 3.02. The quantitative estimate of drug-likeness (QED) is 0.495. The Balaban J connectivity index is 1.97. The predicted molar refractivity (Wildman–Crippen MR) is 75.8 cm³/mol. The SMILES string of the molecule is COCCN(C)CCCCSc1ccccc1. The largest absolute Gasteiger partial charge is 0.383 e. The van der Waals surface area contributed by atoms with Crippen molar-refractivity contribution in [1.82, 2.24) is 4.90 Å². The van der Waals surface area contributed by atoms with Crippen LogP contribution in [0, 0.1) is 0 Å². The van der Waals surface area contributed by atoms with Crippen molar-refractivity contribution in [3.05, 3.63) is 30.3 Å². The molecule has 0 amide bonds. The Hall–Kier alpha value is -0.510. The Morgan fingerprint density at radius 2 is 1.88 bits per heavy atom. The lowest BCUT2D eigenvalue weighted by Crippen LogP contribution is -2.23. The summed E-state index contributed by atoms with van der Waals surface area (Å²) < 4.78 is 5.05. The van der Waals surface area contributed by atoms with Gasteiger partial charge in [-0.15, -0.1) is 11.8 Å². The molecule has 1 aromatic carbocycles. The van der Waals surface area contributed by atoms with Crippen LogP contribution in [0.2, 0.25) is 0 Å². The van der Waals surface area contributed by atoms with Gasteiger partial charge in [-0.2, -0.15) is 0 Å². The van der Waals surface area contributed by atoms with Crippen molar-refractivity contribution in [2.24, 2.45) is 0 Å². The van der Waals surface area contributed by atoms with Crippen molar-refractivity contribution in [2.75, 3.05) is 39.6 Å². The van der Waals surface area contributed by atoms with E-state index >= 15 is 0 Å². The van der Waals surface area contributed by atoms with E-state index in [9.17, 15) is 0 Å². The summed E-state index contributed by atoms with van der Waals surface area (Å²) in [5, 5.41) is 0. The fourth-order valence-electron chi connectivity index (χ4n) is 1.55. The van der Waals surface area contributed by atoms with Crippen LogP contribution in [0.3, 0.4) is 0 Å². The molecule has 0 aromatic heterocycles. The third kappa shape index (κ3) is 7.42. The molecule has 0 aliphatic carbocycles. The summed E-state index contributed by atoms with van der Waals surface area (Å²) in [5.74, 6) is 1.21. The van der Waals surface area contributed by atoms with Gasteiger partial charge in [-0.1, -0.05) is 18.2 Å². The molecule has 0 heterocycles. The first-order chi connectivity index (χ1) is 8.33. The second-order valence-electron chi connectivity index (χ2n) is 4.16. The van der Waals surface area contributed by atoms with Crippen LogP contribution < -0.4 is 0 Å². The molecular weight excluding hydrogens is 230 g/mol. The lowest BCUT2D eigenvalue weighted by Gasteiger charge is -2.15. The number of likely N-dealkylation sites (N-methyl/N-ethyl adjacent to an activating group) is 1. The summed E-state index contributed by atoms with van der Waals surface area (Å²) in [6, 6.07) is 10.6. The highest BCUT2D eigenvalue weighted by Gasteiger charge is 1.98. The number of unbranched alkanes of at least 4 members (excludes halogenated alkanes) is 1. The van der Waals surface area contributed by atoms with E-state index in [1.165, 1.54) is 30.0 Å². The highest BCUT2D eigenvalue weighted by Crippen LogP contribution is 2.18. The molecule has 0 radical (unpaired) electrons. The van der Waals surface area contributed by atoms with E-state index in [0.29, 0.717) is 0 Å². The molecule has 0 atom stereocenters. The van der Waals surface area contributed by atoms with E-state index < -0.39 is 0 Å². The van der Waals surface area contributed by atoms with Crippen LogP contribution in [0.5, 0.6) is 0 Å². The highest BCUT2D eigenvalue weighted by atomic mass is 32.2. The molecule has 96 valence electrons. The number of nitrogens with zero attached hydrogens (tertiary/aromatic N) is 1. The smallest absolute Gasteiger partial charge is 0.0589 e. The maximum absolute atomic E-state index is 5.05. The molecule has 1 rings (SSSR count). The number of rotatable bonds is 9. The Labute approximate surface area is 109 Å². The zero-order chi connectivity index (χ0) is 12.3. The van der Waals surface area contributed by atoms with E-state index in [1.54, 1.807) is 7.11 Å². The number of hydrogen-bond donors (Lipinski definition) is 0. The van der Waals surface area contributed by atoms with Gasteiger partial charge in [0.1, 0.15) is 0 Å². The third-order valence-electron chi connectivity index (χ3n) is 2.62. The molecule has 3 heteroatoms. The minimum atomic E-state index is 0.829. The summed E-state index contributed by atoms with van der Waals surface area (Å²) in [4.78, 5) is 3.71. The topological polar surface area (TPSA) is 12.5 Å². The van der Waals surface area contributed by atoms with Crippen LogP contribution >= 0.6 is 11.8 Å². The molecule has 0 saturated carbocycles. The Bertz CT molecular complexity index is 279. The van der Waals surface area contributed by atoms with Crippen LogP contribution in [0.25, 0.3) is 0 Å². The van der Waals surface area contributed by atoms with Crippen LogP contribution in [0.4, 0.5) is 0 Å². The van der Waals surface area contributed by atoms with Gasteiger partial charge in [-0.25, -0.2) is 0 Å². The maximum atomic E-state index is 5.05. The van der Waals surface area contributed by atoms with Gasteiger partial charge in [0.15, 0.2) is 0 Å². The molecule has 1 aromatic rings. The van der Waals surface area contributed by atoms with Gasteiger partial charge >= 0.3 is 0 Å². The van der Waals surface area contributed by atoms with E-state index in [1.807, 2.05) is 11.8 Å². The number of methoxy groups -OCH3 is 1. The lowest BCUT2D eigenvalue weighted by molar-refractivity contribution is 0.160. The average Bonchev–Trinajstić information content (AvgIpc) is 2.37. The van der Waals surface area contributed by atoms with Crippen molar-refractivity contribution < 1.29 is 4.74 Å². The Kier molecular flexibility index (Phi) is 8.14. The molecule has 0 aliphatic heterocycles. The Morgan fingerprint density at radius 3 is 2.59 bits per heavy atom. The highest BCUT2D eigenvalue weighted by molar-refractivity contribution is 7.99. The molecule has 0 N–H and O–H groups in total. The van der Waals surface area contributed by atoms with Crippen molar-refractivity contribution in [3.8, 4) is 0 Å². The predicted octanol–water partition coefficient (Wildman–Crippen LogP) is 3.14. The number of ether oxygens (including phenoxy) is 1. The van der Waals surface area contributed by atoms with Gasteiger partial charge in [0.05, 0.1) is 6.61 Å². The van der Waals surface area contributed by atoms with E-state index in [-0.39, 0.29) is 0 Å². The van der Waals surface area contributed by atoms with Gasteiger partial charge in [-0.05, 0) is 44.3 Å². The molecule has 0 spiro atoms. The van der Waals surface area contributed by atoms with Crippen LogP contribution in [0.15, 0.2) is 35.2 Å². The zero-order valence-corrected chi connectivity index (χ0v) is 11.7. The first-order valence-corrected chi connectivity index (χ1v) is 7.17. The summed E-state index contributed by atoms with van der Waals surface area (Å²) in [7, 11) is 3.91. The number of hydrogen-bond acceptors (Lipinski definition) is 3. The number of thioether (sulfide) groups is 1. The second-order valence-corrected chi connectivity index (χ2v) is 5.33. The van der Waals surface area contributed by atoms with Crippen molar-refractivity contribution >= 4 is 11.8 Å². The molecule has 0 saturated heterocycles. The average molecular weight is 253 g/mol. The van der Waals surface area contributed by atoms with Gasteiger partial charge in [0.2, 0.25) is 0 Å². The van der Waals surface area contributed by atoms with Crippen molar-refractivity contribution in [3.63, 3.8) is 0 Å². The molecule has 0 unspecified atom stereocenters. The molecule has 0 aliphatic rings. The Morgan fingerprint density at radius 1 is 1.12 bits per heavy atom. The molecular formula is C14H23NOS. The first kappa shape index (κ1) is 14.6.